The van der Waals surface area contributed by atoms with E-state index >= 15 is 0 Å². The number of epoxide rings is 1. The summed E-state index contributed by atoms with van der Waals surface area (Å²) in [7, 11) is 0. The standard InChI is InChI=1S/C23H24BrN3O3/c1-14-18-10-5-15(4-3-11-23(2)21(30-23)20(18)29-22(14)28)12-27-13-19(25-26-27)16-6-8-17(24)9-7-16/h4,6-9,13,18,20-21H,1,3,5,10-12H2,2H3/b15-4+/t18-,20-,21-,23+/m0/s1. The molecule has 0 amide bonds. The Labute approximate surface area is 184 Å². The molecule has 5 rings (SSSR count). The number of carbonyl (C=O) groups is 1. The minimum absolute atomic E-state index is 0.00978. The first kappa shape index (κ1) is 19.7. The van der Waals surface area contributed by atoms with Crippen molar-refractivity contribution in [3.8, 4) is 11.3 Å². The average Bonchev–Trinajstić information content (AvgIpc) is 3.04. The van der Waals surface area contributed by atoms with Gasteiger partial charge in [0.15, 0.2) is 0 Å². The average molecular weight is 470 g/mol. The van der Waals surface area contributed by atoms with E-state index in [0.29, 0.717) is 12.1 Å². The van der Waals surface area contributed by atoms with E-state index in [-0.39, 0.29) is 29.7 Å². The van der Waals surface area contributed by atoms with Crippen molar-refractivity contribution in [2.24, 2.45) is 5.92 Å². The molecule has 0 radical (unpaired) electrons. The molecule has 2 aliphatic heterocycles. The highest BCUT2D eigenvalue weighted by molar-refractivity contribution is 9.10. The van der Waals surface area contributed by atoms with Crippen LogP contribution in [0, 0.1) is 5.92 Å². The minimum atomic E-state index is -0.275. The normalized spacial score (nSPS) is 32.6. The summed E-state index contributed by atoms with van der Waals surface area (Å²) in [6, 6.07) is 8.05. The number of fused-ring (bicyclic) bond motifs is 3. The summed E-state index contributed by atoms with van der Waals surface area (Å²) in [5.74, 6) is -0.261. The predicted molar refractivity (Wildman–Crippen MR) is 115 cm³/mol. The molecule has 0 spiro atoms. The molecule has 0 saturated carbocycles. The molecule has 4 atom stereocenters. The van der Waals surface area contributed by atoms with Crippen LogP contribution in [0.3, 0.4) is 0 Å². The van der Waals surface area contributed by atoms with Gasteiger partial charge in [-0.3, -0.25) is 0 Å². The van der Waals surface area contributed by atoms with Gasteiger partial charge in [0.2, 0.25) is 0 Å². The van der Waals surface area contributed by atoms with Crippen LogP contribution in [0.4, 0.5) is 0 Å². The van der Waals surface area contributed by atoms with Crippen LogP contribution in [0.1, 0.15) is 32.6 Å². The van der Waals surface area contributed by atoms with Gasteiger partial charge in [0, 0.05) is 21.5 Å². The number of halogens is 1. The van der Waals surface area contributed by atoms with Crippen molar-refractivity contribution in [3.05, 3.63) is 58.7 Å². The van der Waals surface area contributed by atoms with Gasteiger partial charge in [0.25, 0.3) is 0 Å². The fourth-order valence-electron chi connectivity index (χ4n) is 4.60. The summed E-state index contributed by atoms with van der Waals surface area (Å²) in [5, 5.41) is 8.66. The van der Waals surface area contributed by atoms with E-state index in [1.54, 1.807) is 0 Å². The zero-order valence-electron chi connectivity index (χ0n) is 16.9. The van der Waals surface area contributed by atoms with Crippen molar-refractivity contribution in [2.45, 2.75) is 57.0 Å². The first-order valence-corrected chi connectivity index (χ1v) is 11.1. The lowest BCUT2D eigenvalue weighted by atomic mass is 9.84. The van der Waals surface area contributed by atoms with Gasteiger partial charge in [-0.15, -0.1) is 5.10 Å². The Morgan fingerprint density at radius 1 is 1.33 bits per heavy atom. The monoisotopic (exact) mass is 469 g/mol. The first-order chi connectivity index (χ1) is 14.4. The van der Waals surface area contributed by atoms with E-state index in [1.807, 2.05) is 35.1 Å². The molecule has 0 unspecified atom stereocenters. The molecule has 2 saturated heterocycles. The topological polar surface area (TPSA) is 69.5 Å². The van der Waals surface area contributed by atoms with Gasteiger partial charge >= 0.3 is 5.97 Å². The van der Waals surface area contributed by atoms with Crippen LogP contribution < -0.4 is 0 Å². The molecule has 1 aliphatic carbocycles. The summed E-state index contributed by atoms with van der Waals surface area (Å²) in [6.07, 6.45) is 7.60. The second-order valence-corrected chi connectivity index (χ2v) is 9.52. The molecule has 30 heavy (non-hydrogen) atoms. The number of hydrogen-bond donors (Lipinski definition) is 0. The Hall–Kier alpha value is -2.25. The number of aromatic nitrogens is 3. The fraction of sp³-hybridized carbons (Fsp3) is 0.435. The molecule has 2 aromatic rings. The van der Waals surface area contributed by atoms with Gasteiger partial charge in [-0.25, -0.2) is 9.48 Å². The smallest absolute Gasteiger partial charge is 0.334 e. The van der Waals surface area contributed by atoms with Gasteiger partial charge < -0.3 is 9.47 Å². The largest absolute Gasteiger partial charge is 0.455 e. The quantitative estimate of drug-likeness (QED) is 0.287. The lowest BCUT2D eigenvalue weighted by Crippen LogP contribution is -2.29. The lowest BCUT2D eigenvalue weighted by Gasteiger charge is -2.20. The van der Waals surface area contributed by atoms with Gasteiger partial charge in [-0.05, 0) is 44.7 Å². The Bertz CT molecular complexity index is 1030. The highest BCUT2D eigenvalue weighted by Crippen LogP contribution is 2.49. The number of allylic oxidation sites excluding steroid dienone is 2. The second kappa shape index (κ2) is 7.46. The summed E-state index contributed by atoms with van der Waals surface area (Å²) in [5.41, 5.74) is 3.55. The maximum atomic E-state index is 12.1. The molecule has 2 fully saturated rings. The number of carbonyl (C=O) groups excluding carboxylic acids is 1. The van der Waals surface area contributed by atoms with Crippen LogP contribution >= 0.6 is 15.9 Å². The van der Waals surface area contributed by atoms with Gasteiger partial charge in [0.1, 0.15) is 17.9 Å². The van der Waals surface area contributed by atoms with E-state index in [0.717, 1.165) is 41.4 Å². The van der Waals surface area contributed by atoms with Crippen molar-refractivity contribution in [2.75, 3.05) is 0 Å². The number of esters is 1. The van der Waals surface area contributed by atoms with E-state index in [4.69, 9.17) is 9.47 Å². The van der Waals surface area contributed by atoms with Crippen molar-refractivity contribution < 1.29 is 14.3 Å². The number of nitrogens with zero attached hydrogens (tertiary/aromatic N) is 3. The lowest BCUT2D eigenvalue weighted by molar-refractivity contribution is -0.140. The van der Waals surface area contributed by atoms with Crippen molar-refractivity contribution in [1.29, 1.82) is 0 Å². The maximum absolute atomic E-state index is 12.1. The maximum Gasteiger partial charge on any atom is 0.334 e. The molecule has 1 aromatic carbocycles. The number of benzene rings is 1. The molecule has 6 nitrogen and oxygen atoms in total. The predicted octanol–water partition coefficient (Wildman–Crippen LogP) is 4.46. The van der Waals surface area contributed by atoms with Gasteiger partial charge in [-0.1, -0.05) is 51.5 Å². The molecule has 3 aliphatic rings. The van der Waals surface area contributed by atoms with Crippen LogP contribution in [0.25, 0.3) is 11.3 Å². The van der Waals surface area contributed by atoms with E-state index < -0.39 is 0 Å². The van der Waals surface area contributed by atoms with E-state index in [2.05, 4.69) is 45.8 Å². The van der Waals surface area contributed by atoms with E-state index in [9.17, 15) is 4.79 Å². The minimum Gasteiger partial charge on any atom is -0.455 e. The Kier molecular flexibility index (Phi) is 4.90. The Morgan fingerprint density at radius 3 is 2.93 bits per heavy atom. The zero-order valence-corrected chi connectivity index (χ0v) is 18.5. The third-order valence-corrected chi connectivity index (χ3v) is 7.01. The third kappa shape index (κ3) is 3.65. The van der Waals surface area contributed by atoms with Crippen molar-refractivity contribution in [1.82, 2.24) is 15.0 Å². The molecule has 1 aromatic heterocycles. The summed E-state index contributed by atoms with van der Waals surface area (Å²) < 4.78 is 14.5. The first-order valence-electron chi connectivity index (χ1n) is 10.3. The molecule has 0 N–H and O–H groups in total. The van der Waals surface area contributed by atoms with Crippen LogP contribution in [0.5, 0.6) is 0 Å². The Balaban J connectivity index is 1.33. The number of hydrogen-bond acceptors (Lipinski definition) is 5. The second-order valence-electron chi connectivity index (χ2n) is 8.60. The number of ether oxygens (including phenoxy) is 2. The van der Waals surface area contributed by atoms with Crippen LogP contribution in [0.15, 0.2) is 58.7 Å². The van der Waals surface area contributed by atoms with Crippen LogP contribution in [-0.2, 0) is 20.8 Å². The molecule has 156 valence electrons. The van der Waals surface area contributed by atoms with Crippen LogP contribution in [0.2, 0.25) is 0 Å². The van der Waals surface area contributed by atoms with Crippen molar-refractivity contribution >= 4 is 21.9 Å². The summed E-state index contributed by atoms with van der Waals surface area (Å²) in [4.78, 5) is 12.1. The SMILES string of the molecule is C=C1C(=O)O[C@H]2[C@H]1CC/C(Cn1cc(-c3ccc(Br)cc3)nn1)=C\CC[C@@]1(C)O[C@@H]21. The van der Waals surface area contributed by atoms with E-state index in [1.165, 1.54) is 5.57 Å². The zero-order chi connectivity index (χ0) is 20.9. The molecule has 7 heteroatoms. The number of rotatable bonds is 3. The molecule has 0 bridgehead atoms. The summed E-state index contributed by atoms with van der Waals surface area (Å²) in [6.45, 7) is 6.79. The fourth-order valence-corrected chi connectivity index (χ4v) is 4.86. The molecular formula is C23H24BrN3O3. The third-order valence-electron chi connectivity index (χ3n) is 6.48. The van der Waals surface area contributed by atoms with Crippen molar-refractivity contribution in [3.63, 3.8) is 0 Å². The highest BCUT2D eigenvalue weighted by Gasteiger charge is 2.61. The van der Waals surface area contributed by atoms with Gasteiger partial charge in [0.05, 0.1) is 18.3 Å². The Morgan fingerprint density at radius 2 is 2.13 bits per heavy atom. The highest BCUT2D eigenvalue weighted by atomic mass is 79.9. The molecule has 3 heterocycles. The summed E-state index contributed by atoms with van der Waals surface area (Å²) >= 11 is 3.46. The molecular weight excluding hydrogens is 446 g/mol. The van der Waals surface area contributed by atoms with Crippen LogP contribution in [-0.4, -0.2) is 38.8 Å². The van der Waals surface area contributed by atoms with Gasteiger partial charge in [-0.2, -0.15) is 0 Å².